The quantitative estimate of drug-likeness (QED) is 0.154. The van der Waals surface area contributed by atoms with Crippen molar-refractivity contribution in [1.29, 1.82) is 0 Å². The van der Waals surface area contributed by atoms with Gasteiger partial charge in [0, 0.05) is 13.1 Å². The minimum Gasteiger partial charge on any atom is -0.494 e. The predicted octanol–water partition coefficient (Wildman–Crippen LogP) is 9.52. The lowest BCUT2D eigenvalue weighted by atomic mass is 9.64. The Balaban J connectivity index is 0.00000461. The predicted molar refractivity (Wildman–Crippen MR) is 173 cm³/mol. The summed E-state index contributed by atoms with van der Waals surface area (Å²) >= 11 is 6.40. The summed E-state index contributed by atoms with van der Waals surface area (Å²) in [5.74, 6) is -0.220. The van der Waals surface area contributed by atoms with Crippen LogP contribution < -0.4 is 4.74 Å². The summed E-state index contributed by atoms with van der Waals surface area (Å²) in [7, 11) is 0. The molecule has 0 saturated heterocycles. The molecule has 0 aliphatic heterocycles. The number of carboxylic acids is 1. The van der Waals surface area contributed by atoms with Crippen molar-refractivity contribution >= 4 is 30.0 Å². The Bertz CT molecular complexity index is 1540. The molecule has 238 valence electrons. The van der Waals surface area contributed by atoms with E-state index in [0.717, 1.165) is 29.2 Å². The highest BCUT2D eigenvalue weighted by Crippen LogP contribution is 2.45. The third-order valence-electron chi connectivity index (χ3n) is 8.89. The van der Waals surface area contributed by atoms with Crippen molar-refractivity contribution in [3.8, 4) is 5.75 Å². The lowest BCUT2D eigenvalue weighted by Gasteiger charge is -2.43. The molecule has 9 heteroatoms. The molecular formula is C36H36Cl2F3NO3. The minimum atomic E-state index is -4.57. The second kappa shape index (κ2) is 14.3. The molecule has 1 fully saturated rings. The molecule has 1 aliphatic carbocycles. The molecule has 0 atom stereocenters. The van der Waals surface area contributed by atoms with Gasteiger partial charge in [-0.2, -0.15) is 13.2 Å². The topological polar surface area (TPSA) is 49.8 Å². The summed E-state index contributed by atoms with van der Waals surface area (Å²) < 4.78 is 47.4. The molecule has 4 aromatic carbocycles. The lowest BCUT2D eigenvalue weighted by Crippen LogP contribution is -2.45. The molecule has 0 heterocycles. The van der Waals surface area contributed by atoms with Crippen LogP contribution in [-0.2, 0) is 28.5 Å². The molecule has 4 aromatic rings. The van der Waals surface area contributed by atoms with Gasteiger partial charge < -0.3 is 9.84 Å². The Morgan fingerprint density at radius 1 is 0.911 bits per heavy atom. The van der Waals surface area contributed by atoms with Gasteiger partial charge >= 0.3 is 12.1 Å². The maximum atomic E-state index is 13.8. The molecule has 1 aliphatic rings. The summed E-state index contributed by atoms with van der Waals surface area (Å²) in [6.45, 7) is 3.05. The Kier molecular flexibility index (Phi) is 10.9. The molecule has 0 unspecified atom stereocenters. The van der Waals surface area contributed by atoms with Crippen molar-refractivity contribution in [3.05, 3.63) is 136 Å². The normalized spacial score (nSPS) is 14.4. The average Bonchev–Trinajstić information content (AvgIpc) is 2.99. The number of halogens is 5. The van der Waals surface area contributed by atoms with Gasteiger partial charge in [0.1, 0.15) is 5.75 Å². The van der Waals surface area contributed by atoms with E-state index in [0.29, 0.717) is 43.7 Å². The number of hydrogen-bond acceptors (Lipinski definition) is 3. The number of rotatable bonds is 12. The first kappa shape index (κ1) is 34.4. The van der Waals surface area contributed by atoms with Crippen LogP contribution in [0.25, 0.3) is 0 Å². The standard InChI is InChI=1S/C36H35ClF3NO3.ClH/c1-34(27-13-4-2-5-14-27,28-15-6-3-7-16-28)41(25-26-12-8-19-31(32(26)37)36(38,39)40)22-11-23-44-30-18-9-17-29(24-30)35(33(42)43)20-10-21-35;/h2-9,12-19,24H,10-11,20-23,25H2,1H3,(H,42,43);1H. The summed E-state index contributed by atoms with van der Waals surface area (Å²) in [5, 5.41) is 9.55. The van der Waals surface area contributed by atoms with Gasteiger partial charge in [-0.25, -0.2) is 0 Å². The average molecular weight is 659 g/mol. The summed E-state index contributed by atoms with van der Waals surface area (Å²) in [5.41, 5.74) is 0.686. The first-order valence-electron chi connectivity index (χ1n) is 14.7. The fourth-order valence-electron chi connectivity index (χ4n) is 6.13. The highest BCUT2D eigenvalue weighted by molar-refractivity contribution is 6.32. The summed E-state index contributed by atoms with van der Waals surface area (Å²) in [6.07, 6.45) is -1.92. The number of ether oxygens (including phenoxy) is 1. The SMILES string of the molecule is CC(c1ccccc1)(c1ccccc1)N(CCCOc1cccc(C2(C(=O)O)CCC2)c1)Cc1cccc(C(F)(F)F)c1Cl.Cl. The van der Waals surface area contributed by atoms with Gasteiger partial charge in [-0.05, 0) is 66.6 Å². The Morgan fingerprint density at radius 2 is 1.51 bits per heavy atom. The zero-order chi connectivity index (χ0) is 31.4. The highest BCUT2D eigenvalue weighted by atomic mass is 35.5. The number of aliphatic carboxylic acids is 1. The zero-order valence-corrected chi connectivity index (χ0v) is 26.5. The van der Waals surface area contributed by atoms with E-state index in [1.54, 1.807) is 6.07 Å². The van der Waals surface area contributed by atoms with E-state index in [9.17, 15) is 23.1 Å². The van der Waals surface area contributed by atoms with E-state index in [1.807, 2.05) is 84.9 Å². The second-order valence-electron chi connectivity index (χ2n) is 11.5. The molecule has 0 amide bonds. The van der Waals surface area contributed by atoms with Crippen LogP contribution >= 0.6 is 24.0 Å². The number of carbonyl (C=O) groups is 1. The number of benzene rings is 4. The fourth-order valence-corrected chi connectivity index (χ4v) is 6.42. The maximum absolute atomic E-state index is 13.8. The van der Waals surface area contributed by atoms with Crippen molar-refractivity contribution < 1.29 is 27.8 Å². The number of alkyl halides is 3. The molecule has 1 saturated carbocycles. The molecule has 0 radical (unpaired) electrons. The third kappa shape index (κ3) is 7.16. The maximum Gasteiger partial charge on any atom is 0.417 e. The van der Waals surface area contributed by atoms with Crippen molar-refractivity contribution in [3.63, 3.8) is 0 Å². The molecular weight excluding hydrogens is 622 g/mol. The minimum absolute atomic E-state index is 0. The van der Waals surface area contributed by atoms with Crippen molar-refractivity contribution in [1.82, 2.24) is 4.90 Å². The fraction of sp³-hybridized carbons (Fsp3) is 0.306. The van der Waals surface area contributed by atoms with E-state index in [4.69, 9.17) is 16.3 Å². The summed E-state index contributed by atoms with van der Waals surface area (Å²) in [6, 6.07) is 31.1. The largest absolute Gasteiger partial charge is 0.494 e. The van der Waals surface area contributed by atoms with E-state index >= 15 is 0 Å². The van der Waals surface area contributed by atoms with Gasteiger partial charge in [0.25, 0.3) is 0 Å². The molecule has 0 aromatic heterocycles. The van der Waals surface area contributed by atoms with Gasteiger partial charge in [0.15, 0.2) is 0 Å². The molecule has 0 spiro atoms. The van der Waals surface area contributed by atoms with Crippen LogP contribution in [0.2, 0.25) is 5.02 Å². The second-order valence-corrected chi connectivity index (χ2v) is 11.9. The van der Waals surface area contributed by atoms with Crippen LogP contribution in [0, 0.1) is 0 Å². The first-order valence-corrected chi connectivity index (χ1v) is 15.1. The zero-order valence-electron chi connectivity index (χ0n) is 24.9. The Labute approximate surface area is 273 Å². The number of carboxylic acid groups (broad SMARTS) is 1. The molecule has 5 rings (SSSR count). The summed E-state index contributed by atoms with van der Waals surface area (Å²) in [4.78, 5) is 14.2. The molecule has 1 N–H and O–H groups in total. The Morgan fingerprint density at radius 3 is 2.04 bits per heavy atom. The van der Waals surface area contributed by atoms with Gasteiger partial charge in [-0.15, -0.1) is 12.4 Å². The number of nitrogens with zero attached hydrogens (tertiary/aromatic N) is 1. The van der Waals surface area contributed by atoms with Crippen LogP contribution in [0.15, 0.2) is 103 Å². The highest BCUT2D eigenvalue weighted by Gasteiger charge is 2.46. The van der Waals surface area contributed by atoms with Gasteiger partial charge in [0.2, 0.25) is 0 Å². The van der Waals surface area contributed by atoms with Crippen LogP contribution in [0.3, 0.4) is 0 Å². The first-order chi connectivity index (χ1) is 21.1. The molecule has 4 nitrogen and oxygen atoms in total. The van der Waals surface area contributed by atoms with Crippen LogP contribution in [0.1, 0.15) is 60.4 Å². The van der Waals surface area contributed by atoms with Crippen LogP contribution in [-0.4, -0.2) is 29.1 Å². The van der Waals surface area contributed by atoms with Crippen LogP contribution in [0.5, 0.6) is 5.75 Å². The van der Waals surface area contributed by atoms with Gasteiger partial charge in [-0.1, -0.05) is 103 Å². The monoisotopic (exact) mass is 657 g/mol. The van der Waals surface area contributed by atoms with E-state index in [2.05, 4.69) is 11.8 Å². The smallest absolute Gasteiger partial charge is 0.417 e. The van der Waals surface area contributed by atoms with E-state index in [-0.39, 0.29) is 24.0 Å². The lowest BCUT2D eigenvalue weighted by molar-refractivity contribution is -0.147. The van der Waals surface area contributed by atoms with Crippen LogP contribution in [0.4, 0.5) is 13.2 Å². The third-order valence-corrected chi connectivity index (χ3v) is 9.34. The molecule has 0 bridgehead atoms. The van der Waals surface area contributed by atoms with Crippen molar-refractivity contribution in [2.24, 2.45) is 0 Å². The van der Waals surface area contributed by atoms with Gasteiger partial charge in [0.05, 0.1) is 28.1 Å². The van der Waals surface area contributed by atoms with E-state index in [1.165, 1.54) is 6.07 Å². The van der Waals surface area contributed by atoms with Gasteiger partial charge in [-0.3, -0.25) is 9.69 Å². The number of hydrogen-bond donors (Lipinski definition) is 1. The van der Waals surface area contributed by atoms with Crippen molar-refractivity contribution in [2.45, 2.75) is 56.3 Å². The van der Waals surface area contributed by atoms with E-state index < -0.39 is 28.7 Å². The molecule has 45 heavy (non-hydrogen) atoms. The van der Waals surface area contributed by atoms with Crippen molar-refractivity contribution in [2.75, 3.05) is 13.2 Å². The Hall–Kier alpha value is -3.52.